The third-order valence-electron chi connectivity index (χ3n) is 7.66. The molecule has 0 spiro atoms. The molecule has 2 saturated carbocycles. The second-order valence-corrected chi connectivity index (χ2v) is 10.3. The Kier molecular flexibility index (Phi) is 13.5. The summed E-state index contributed by atoms with van der Waals surface area (Å²) in [4.78, 5) is 35.2. The standard InChI is InChI=1S/C16H27NO3.C11H20O2/c1-2-14-12-20-16(19)17(14)15(18)11-7-6-10-13-8-4-3-5-9-13;12-11(13)9-5-4-8-10-6-2-1-3-7-10/h13-14H,2-12H2,1H3;10H,1-9H2,(H,12,13)/t14-;/m0./s1. The van der Waals surface area contributed by atoms with Gasteiger partial charge >= 0.3 is 12.1 Å². The second kappa shape index (κ2) is 16.1. The molecule has 3 aliphatic rings. The van der Waals surface area contributed by atoms with E-state index in [0.29, 0.717) is 19.4 Å². The third kappa shape index (κ3) is 10.9. The number of hydrogen-bond acceptors (Lipinski definition) is 4. The van der Waals surface area contributed by atoms with E-state index >= 15 is 0 Å². The number of unbranched alkanes of at least 4 members (excludes halogenated alkanes) is 2. The first-order valence-corrected chi connectivity index (χ1v) is 13.7. The first kappa shape index (κ1) is 27.7. The van der Waals surface area contributed by atoms with Crippen LogP contribution in [0.25, 0.3) is 0 Å². The van der Waals surface area contributed by atoms with Crippen LogP contribution in [0.5, 0.6) is 0 Å². The van der Waals surface area contributed by atoms with Crippen molar-refractivity contribution in [2.24, 2.45) is 11.8 Å². The zero-order chi connectivity index (χ0) is 23.9. The minimum absolute atomic E-state index is 0.0478. The predicted molar refractivity (Wildman–Crippen MR) is 130 cm³/mol. The van der Waals surface area contributed by atoms with Crippen LogP contribution in [0, 0.1) is 11.8 Å². The van der Waals surface area contributed by atoms with E-state index in [1.165, 1.54) is 81.9 Å². The predicted octanol–water partition coefficient (Wildman–Crippen LogP) is 7.10. The summed E-state index contributed by atoms with van der Waals surface area (Å²) in [6.07, 6.45) is 21.5. The van der Waals surface area contributed by atoms with Gasteiger partial charge in [0.25, 0.3) is 0 Å². The number of carboxylic acids is 1. The van der Waals surface area contributed by atoms with Gasteiger partial charge < -0.3 is 9.84 Å². The molecule has 3 fully saturated rings. The molecule has 0 aromatic carbocycles. The Bertz CT molecular complexity index is 581. The van der Waals surface area contributed by atoms with Crippen LogP contribution in [-0.4, -0.2) is 40.6 Å². The monoisotopic (exact) mass is 465 g/mol. The molecule has 0 bridgehead atoms. The van der Waals surface area contributed by atoms with Crippen molar-refractivity contribution < 1.29 is 24.2 Å². The van der Waals surface area contributed by atoms with Gasteiger partial charge in [0.05, 0.1) is 6.04 Å². The maximum absolute atomic E-state index is 12.1. The normalized spacial score (nSPS) is 21.9. The number of ether oxygens (including phenoxy) is 1. The number of carbonyl (C=O) groups excluding carboxylic acids is 2. The van der Waals surface area contributed by atoms with Crippen molar-refractivity contribution in [3.8, 4) is 0 Å². The quantitative estimate of drug-likeness (QED) is 0.329. The number of carboxylic acid groups (broad SMARTS) is 1. The summed E-state index contributed by atoms with van der Waals surface area (Å²) >= 11 is 0. The van der Waals surface area contributed by atoms with E-state index in [1.807, 2.05) is 6.92 Å². The highest BCUT2D eigenvalue weighted by Crippen LogP contribution is 2.29. The summed E-state index contributed by atoms with van der Waals surface area (Å²) in [5.74, 6) is 1.08. The lowest BCUT2D eigenvalue weighted by atomic mass is 9.85. The molecule has 6 heteroatoms. The van der Waals surface area contributed by atoms with Crippen molar-refractivity contribution >= 4 is 18.0 Å². The summed E-state index contributed by atoms with van der Waals surface area (Å²) in [7, 11) is 0. The fourth-order valence-corrected chi connectivity index (χ4v) is 5.56. The van der Waals surface area contributed by atoms with Gasteiger partial charge in [-0.1, -0.05) is 96.8 Å². The summed E-state index contributed by atoms with van der Waals surface area (Å²) in [5, 5.41) is 8.45. The van der Waals surface area contributed by atoms with Gasteiger partial charge in [0.15, 0.2) is 0 Å². The number of carbonyl (C=O) groups is 3. The van der Waals surface area contributed by atoms with Crippen LogP contribution in [0.1, 0.15) is 129 Å². The van der Waals surface area contributed by atoms with Gasteiger partial charge in [-0.3, -0.25) is 9.59 Å². The zero-order valence-corrected chi connectivity index (χ0v) is 20.9. The molecular weight excluding hydrogens is 418 g/mol. The first-order chi connectivity index (χ1) is 16.0. The van der Waals surface area contributed by atoms with E-state index in [4.69, 9.17) is 9.84 Å². The van der Waals surface area contributed by atoms with Crippen LogP contribution >= 0.6 is 0 Å². The van der Waals surface area contributed by atoms with Gasteiger partial charge in [0.1, 0.15) is 6.61 Å². The van der Waals surface area contributed by atoms with E-state index < -0.39 is 12.1 Å². The SMILES string of the molecule is CC[C@H]1COC(=O)N1C(=O)CCCCC1CCCCC1.O=C(O)CCCCC1CCCCC1. The van der Waals surface area contributed by atoms with Gasteiger partial charge in [-0.05, 0) is 31.1 Å². The highest BCUT2D eigenvalue weighted by atomic mass is 16.6. The number of rotatable bonds is 11. The average molecular weight is 466 g/mol. The van der Waals surface area contributed by atoms with Crippen molar-refractivity contribution in [1.29, 1.82) is 0 Å². The Hall–Kier alpha value is -1.59. The summed E-state index contributed by atoms with van der Waals surface area (Å²) in [5.41, 5.74) is 0. The summed E-state index contributed by atoms with van der Waals surface area (Å²) in [6.45, 7) is 2.35. The maximum atomic E-state index is 12.1. The molecule has 3 rings (SSSR count). The lowest BCUT2D eigenvalue weighted by Gasteiger charge is -2.21. The van der Waals surface area contributed by atoms with Crippen molar-refractivity contribution in [1.82, 2.24) is 4.90 Å². The topological polar surface area (TPSA) is 83.9 Å². The van der Waals surface area contributed by atoms with E-state index in [1.54, 1.807) is 0 Å². The Morgan fingerprint density at radius 3 is 1.85 bits per heavy atom. The van der Waals surface area contributed by atoms with E-state index in [0.717, 1.165) is 43.9 Å². The Morgan fingerprint density at radius 2 is 1.36 bits per heavy atom. The third-order valence-corrected chi connectivity index (χ3v) is 7.66. The molecule has 190 valence electrons. The summed E-state index contributed by atoms with van der Waals surface area (Å²) < 4.78 is 4.96. The molecule has 0 unspecified atom stereocenters. The van der Waals surface area contributed by atoms with Crippen molar-refractivity contribution in [3.05, 3.63) is 0 Å². The van der Waals surface area contributed by atoms with Crippen LogP contribution in [0.4, 0.5) is 4.79 Å². The highest BCUT2D eigenvalue weighted by Gasteiger charge is 2.36. The van der Waals surface area contributed by atoms with Crippen LogP contribution in [-0.2, 0) is 14.3 Å². The minimum atomic E-state index is -0.649. The fourth-order valence-electron chi connectivity index (χ4n) is 5.56. The zero-order valence-electron chi connectivity index (χ0n) is 20.9. The molecule has 2 aliphatic carbocycles. The molecule has 1 N–H and O–H groups in total. The molecule has 2 amide bonds. The molecular formula is C27H47NO5. The van der Waals surface area contributed by atoms with Crippen LogP contribution in [0.2, 0.25) is 0 Å². The van der Waals surface area contributed by atoms with E-state index in [-0.39, 0.29) is 11.9 Å². The Balaban J connectivity index is 0.000000257. The lowest BCUT2D eigenvalue weighted by Crippen LogP contribution is -2.38. The molecule has 0 radical (unpaired) electrons. The first-order valence-electron chi connectivity index (χ1n) is 13.7. The molecule has 6 nitrogen and oxygen atoms in total. The number of cyclic esters (lactones) is 1. The average Bonchev–Trinajstić information content (AvgIpc) is 3.21. The number of hydrogen-bond donors (Lipinski definition) is 1. The van der Waals surface area contributed by atoms with E-state index in [9.17, 15) is 14.4 Å². The molecule has 1 heterocycles. The van der Waals surface area contributed by atoms with Gasteiger partial charge in [-0.15, -0.1) is 0 Å². The number of nitrogens with zero attached hydrogens (tertiary/aromatic N) is 1. The molecule has 0 aromatic heterocycles. The Labute approximate surface area is 200 Å². The van der Waals surface area contributed by atoms with Crippen molar-refractivity contribution in [2.75, 3.05) is 6.61 Å². The van der Waals surface area contributed by atoms with Crippen LogP contribution in [0.15, 0.2) is 0 Å². The largest absolute Gasteiger partial charge is 0.481 e. The highest BCUT2D eigenvalue weighted by molar-refractivity contribution is 5.93. The van der Waals surface area contributed by atoms with E-state index in [2.05, 4.69) is 0 Å². The fraction of sp³-hybridized carbons (Fsp3) is 0.889. The molecule has 33 heavy (non-hydrogen) atoms. The number of amides is 2. The van der Waals surface area contributed by atoms with Crippen molar-refractivity contribution in [3.63, 3.8) is 0 Å². The molecule has 0 aromatic rings. The molecule has 1 saturated heterocycles. The molecule has 1 aliphatic heterocycles. The number of imide groups is 1. The van der Waals surface area contributed by atoms with Gasteiger partial charge in [-0.25, -0.2) is 9.69 Å². The smallest absolute Gasteiger partial charge is 0.416 e. The van der Waals surface area contributed by atoms with Crippen LogP contribution < -0.4 is 0 Å². The van der Waals surface area contributed by atoms with Gasteiger partial charge in [0, 0.05) is 12.8 Å². The number of aliphatic carboxylic acids is 1. The maximum Gasteiger partial charge on any atom is 0.416 e. The lowest BCUT2D eigenvalue weighted by molar-refractivity contribution is -0.137. The second-order valence-electron chi connectivity index (χ2n) is 10.3. The Morgan fingerprint density at radius 1 is 0.848 bits per heavy atom. The van der Waals surface area contributed by atoms with Gasteiger partial charge in [-0.2, -0.15) is 0 Å². The van der Waals surface area contributed by atoms with Crippen LogP contribution in [0.3, 0.4) is 0 Å². The van der Waals surface area contributed by atoms with Gasteiger partial charge in [0.2, 0.25) is 5.91 Å². The minimum Gasteiger partial charge on any atom is -0.481 e. The summed E-state index contributed by atoms with van der Waals surface area (Å²) in [6, 6.07) is -0.0478. The van der Waals surface area contributed by atoms with Crippen molar-refractivity contribution in [2.45, 2.75) is 135 Å². The molecule has 1 atom stereocenters.